The third-order valence-corrected chi connectivity index (χ3v) is 4.92. The Balaban J connectivity index is 1.60. The summed E-state index contributed by atoms with van der Waals surface area (Å²) in [5.41, 5.74) is 1.48. The molecule has 0 radical (unpaired) electrons. The van der Waals surface area contributed by atoms with Crippen molar-refractivity contribution in [1.29, 1.82) is 0 Å². The molecule has 0 saturated heterocycles. The van der Waals surface area contributed by atoms with Crippen LogP contribution in [0.25, 0.3) is 0 Å². The fraction of sp³-hybridized carbons (Fsp3) is 0.0870. The van der Waals surface area contributed by atoms with E-state index in [0.29, 0.717) is 22.1 Å². The molecule has 4 rings (SSSR count). The first-order chi connectivity index (χ1) is 15.0. The maximum absolute atomic E-state index is 13.2. The third kappa shape index (κ3) is 4.67. The van der Waals surface area contributed by atoms with Crippen LogP contribution in [0.5, 0.6) is 5.75 Å². The molecular weight excluding hydrogens is 418 g/mol. The maximum Gasteiger partial charge on any atom is 0.335 e. The van der Waals surface area contributed by atoms with Crippen molar-refractivity contribution in [1.82, 2.24) is 0 Å². The predicted octanol–water partition coefficient (Wildman–Crippen LogP) is 4.69. The standard InChI is InChI=1S/C23H18ClN3O4/c24-15-10-12-17(13-11-15)26-23(30)27-18-8-4-5-9-20(18)31-22(29)19(27)14-21(28)25-16-6-2-1-3-7-16/h1-13,19H,14H2,(H,25,28)(H,26,30). The molecule has 1 aliphatic heterocycles. The van der Waals surface area contributed by atoms with E-state index in [2.05, 4.69) is 10.6 Å². The zero-order valence-electron chi connectivity index (χ0n) is 16.2. The Kier molecular flexibility index (Phi) is 5.86. The van der Waals surface area contributed by atoms with Crippen molar-refractivity contribution in [3.8, 4) is 5.75 Å². The first-order valence-electron chi connectivity index (χ1n) is 9.52. The number of urea groups is 1. The topological polar surface area (TPSA) is 87.7 Å². The Labute approximate surface area is 183 Å². The van der Waals surface area contributed by atoms with Gasteiger partial charge in [-0.25, -0.2) is 9.59 Å². The van der Waals surface area contributed by atoms with E-state index >= 15 is 0 Å². The number of para-hydroxylation sites is 3. The number of carbonyl (C=O) groups excluding carboxylic acids is 3. The van der Waals surface area contributed by atoms with Crippen LogP contribution in [0.1, 0.15) is 6.42 Å². The van der Waals surface area contributed by atoms with E-state index in [1.807, 2.05) is 6.07 Å². The summed E-state index contributed by atoms with van der Waals surface area (Å²) in [6.45, 7) is 0. The van der Waals surface area contributed by atoms with Gasteiger partial charge in [-0.2, -0.15) is 0 Å². The molecule has 0 saturated carbocycles. The summed E-state index contributed by atoms with van der Waals surface area (Å²) in [6.07, 6.45) is -0.268. The van der Waals surface area contributed by atoms with Crippen molar-refractivity contribution in [2.45, 2.75) is 12.5 Å². The van der Waals surface area contributed by atoms with Crippen LogP contribution in [0.4, 0.5) is 21.9 Å². The Bertz CT molecular complexity index is 1120. The van der Waals surface area contributed by atoms with Gasteiger partial charge in [0.15, 0.2) is 5.75 Å². The maximum atomic E-state index is 13.2. The van der Waals surface area contributed by atoms with Crippen molar-refractivity contribution in [2.75, 3.05) is 15.5 Å². The summed E-state index contributed by atoms with van der Waals surface area (Å²) in [6, 6.07) is 20.4. The van der Waals surface area contributed by atoms with Crippen molar-refractivity contribution in [3.05, 3.63) is 83.9 Å². The van der Waals surface area contributed by atoms with E-state index in [9.17, 15) is 14.4 Å². The largest absolute Gasteiger partial charge is 0.423 e. The molecular formula is C23H18ClN3O4. The monoisotopic (exact) mass is 435 g/mol. The van der Waals surface area contributed by atoms with Crippen molar-refractivity contribution in [3.63, 3.8) is 0 Å². The highest BCUT2D eigenvalue weighted by atomic mass is 35.5. The quantitative estimate of drug-likeness (QED) is 0.459. The fourth-order valence-electron chi connectivity index (χ4n) is 3.24. The van der Waals surface area contributed by atoms with Gasteiger partial charge in [0.2, 0.25) is 5.91 Å². The number of anilines is 3. The first-order valence-corrected chi connectivity index (χ1v) is 9.90. The van der Waals surface area contributed by atoms with Crippen molar-refractivity contribution in [2.24, 2.45) is 0 Å². The smallest absolute Gasteiger partial charge is 0.335 e. The van der Waals surface area contributed by atoms with Crippen LogP contribution in [0.15, 0.2) is 78.9 Å². The van der Waals surface area contributed by atoms with E-state index in [4.69, 9.17) is 16.3 Å². The fourth-order valence-corrected chi connectivity index (χ4v) is 3.37. The highest BCUT2D eigenvalue weighted by Gasteiger charge is 2.40. The molecule has 1 unspecified atom stereocenters. The Hall–Kier alpha value is -3.84. The molecule has 8 heteroatoms. The van der Waals surface area contributed by atoms with Gasteiger partial charge in [-0.05, 0) is 48.5 Å². The highest BCUT2D eigenvalue weighted by Crippen LogP contribution is 2.35. The highest BCUT2D eigenvalue weighted by molar-refractivity contribution is 6.30. The number of halogens is 1. The van der Waals surface area contributed by atoms with Gasteiger partial charge in [0.05, 0.1) is 12.1 Å². The predicted molar refractivity (Wildman–Crippen MR) is 119 cm³/mol. The van der Waals surface area contributed by atoms with E-state index < -0.39 is 23.9 Å². The van der Waals surface area contributed by atoms with E-state index in [-0.39, 0.29) is 12.2 Å². The van der Waals surface area contributed by atoms with Crippen LogP contribution < -0.4 is 20.3 Å². The summed E-state index contributed by atoms with van der Waals surface area (Å²) in [5.74, 6) is -0.858. The third-order valence-electron chi connectivity index (χ3n) is 4.67. The number of benzene rings is 3. The van der Waals surface area contributed by atoms with Crippen LogP contribution >= 0.6 is 11.6 Å². The molecule has 3 aromatic rings. The minimum atomic E-state index is -1.13. The SMILES string of the molecule is O=C(CC1C(=O)Oc2ccccc2N1C(=O)Nc1ccc(Cl)cc1)Nc1ccccc1. The number of ether oxygens (including phenoxy) is 1. The summed E-state index contributed by atoms with van der Waals surface area (Å²) in [4.78, 5) is 39.7. The molecule has 2 N–H and O–H groups in total. The average Bonchev–Trinajstić information content (AvgIpc) is 2.76. The lowest BCUT2D eigenvalue weighted by molar-refractivity contribution is -0.138. The second-order valence-corrected chi connectivity index (χ2v) is 7.27. The molecule has 156 valence electrons. The van der Waals surface area contributed by atoms with Crippen LogP contribution in [0, 0.1) is 0 Å². The van der Waals surface area contributed by atoms with E-state index in [1.165, 1.54) is 4.90 Å². The Morgan fingerprint density at radius 1 is 0.871 bits per heavy atom. The summed E-state index contributed by atoms with van der Waals surface area (Å²) >= 11 is 5.90. The van der Waals surface area contributed by atoms with Gasteiger partial charge in [-0.1, -0.05) is 41.9 Å². The molecule has 31 heavy (non-hydrogen) atoms. The number of nitrogens with zero attached hydrogens (tertiary/aromatic N) is 1. The lowest BCUT2D eigenvalue weighted by Gasteiger charge is -2.34. The van der Waals surface area contributed by atoms with Gasteiger partial charge in [0.1, 0.15) is 6.04 Å². The lowest BCUT2D eigenvalue weighted by atomic mass is 10.1. The number of hydrogen-bond donors (Lipinski definition) is 2. The summed E-state index contributed by atoms with van der Waals surface area (Å²) < 4.78 is 5.38. The van der Waals surface area contributed by atoms with E-state index in [1.54, 1.807) is 72.8 Å². The number of esters is 1. The lowest BCUT2D eigenvalue weighted by Crippen LogP contribution is -2.53. The zero-order valence-corrected chi connectivity index (χ0v) is 17.0. The zero-order chi connectivity index (χ0) is 21.8. The van der Waals surface area contributed by atoms with E-state index in [0.717, 1.165) is 0 Å². The molecule has 0 aromatic heterocycles. The number of hydrogen-bond acceptors (Lipinski definition) is 4. The molecule has 0 spiro atoms. The molecule has 1 heterocycles. The van der Waals surface area contributed by atoms with Crippen LogP contribution in [-0.2, 0) is 9.59 Å². The van der Waals surface area contributed by atoms with Gasteiger partial charge in [-0.15, -0.1) is 0 Å². The Morgan fingerprint density at radius 3 is 2.26 bits per heavy atom. The van der Waals surface area contributed by atoms with Crippen molar-refractivity contribution < 1.29 is 19.1 Å². The van der Waals surface area contributed by atoms with Crippen molar-refractivity contribution >= 4 is 46.6 Å². The van der Waals surface area contributed by atoms with Crippen LogP contribution in [0.3, 0.4) is 0 Å². The van der Waals surface area contributed by atoms with Gasteiger partial charge < -0.3 is 15.4 Å². The average molecular weight is 436 g/mol. The molecule has 3 aromatic carbocycles. The Morgan fingerprint density at radius 2 is 1.52 bits per heavy atom. The van der Waals surface area contributed by atoms with Gasteiger partial charge in [0, 0.05) is 16.4 Å². The van der Waals surface area contributed by atoms with Crippen LogP contribution in [0.2, 0.25) is 5.02 Å². The summed E-state index contributed by atoms with van der Waals surface area (Å²) in [5, 5.41) is 6.00. The first kappa shape index (κ1) is 20.4. The molecule has 3 amide bonds. The van der Waals surface area contributed by atoms with Crippen LogP contribution in [-0.4, -0.2) is 23.9 Å². The second kappa shape index (κ2) is 8.89. The number of fused-ring (bicyclic) bond motifs is 1. The van der Waals surface area contributed by atoms with Gasteiger partial charge in [-0.3, -0.25) is 9.69 Å². The van der Waals surface area contributed by atoms with Gasteiger partial charge >= 0.3 is 12.0 Å². The number of nitrogens with one attached hydrogen (secondary N) is 2. The number of rotatable bonds is 4. The number of amides is 3. The van der Waals surface area contributed by atoms with Gasteiger partial charge in [0.25, 0.3) is 0 Å². The molecule has 7 nitrogen and oxygen atoms in total. The second-order valence-electron chi connectivity index (χ2n) is 6.83. The molecule has 1 aliphatic rings. The molecule has 0 fully saturated rings. The molecule has 0 bridgehead atoms. The summed E-state index contributed by atoms with van der Waals surface area (Å²) in [7, 11) is 0. The minimum absolute atomic E-state index is 0.249. The number of carbonyl (C=O) groups is 3. The molecule has 1 atom stereocenters. The minimum Gasteiger partial charge on any atom is -0.423 e. The molecule has 0 aliphatic carbocycles. The normalized spacial score (nSPS) is 14.9.